The van der Waals surface area contributed by atoms with E-state index >= 15 is 0 Å². The van der Waals surface area contributed by atoms with Gasteiger partial charge in [0, 0.05) is 18.2 Å². The van der Waals surface area contributed by atoms with Crippen LogP contribution in [0.3, 0.4) is 0 Å². The maximum absolute atomic E-state index is 13.4. The van der Waals surface area contributed by atoms with Crippen LogP contribution >= 0.6 is 11.6 Å². The summed E-state index contributed by atoms with van der Waals surface area (Å²) >= 11 is 5.87. The molecule has 184 valence electrons. The van der Waals surface area contributed by atoms with Gasteiger partial charge in [0.05, 0.1) is 22.8 Å². The summed E-state index contributed by atoms with van der Waals surface area (Å²) in [6, 6.07) is 11.1. The van der Waals surface area contributed by atoms with Crippen molar-refractivity contribution in [1.82, 2.24) is 14.7 Å². The lowest BCUT2D eigenvalue weighted by Gasteiger charge is -2.21. The molecule has 0 aliphatic rings. The number of amides is 1. The zero-order valence-electron chi connectivity index (χ0n) is 20.0. The minimum atomic E-state index is -0.670. The number of aromatic amines is 1. The van der Waals surface area contributed by atoms with Crippen molar-refractivity contribution in [3.63, 3.8) is 0 Å². The number of nitrogens with one attached hydrogen (secondary N) is 1. The number of hydrogen-bond donors (Lipinski definition) is 1. The molecule has 0 aliphatic heterocycles. The number of hydrogen-bond acceptors (Lipinski definition) is 5. The van der Waals surface area contributed by atoms with Gasteiger partial charge < -0.3 is 4.90 Å². The molecule has 0 unspecified atom stereocenters. The van der Waals surface area contributed by atoms with Crippen molar-refractivity contribution < 1.29 is 14.5 Å². The average Bonchev–Trinajstić information content (AvgIpc) is 3.16. The molecule has 0 atom stereocenters. The highest BCUT2D eigenvalue weighted by molar-refractivity contribution is 6.32. The molecule has 1 N–H and O–H groups in total. The first kappa shape index (κ1) is 25.9. The molecular weight excluding hydrogens is 472 g/mol. The van der Waals surface area contributed by atoms with Crippen LogP contribution < -0.4 is 5.56 Å². The van der Waals surface area contributed by atoms with Crippen molar-refractivity contribution >= 4 is 29.0 Å². The van der Waals surface area contributed by atoms with Gasteiger partial charge in [0.25, 0.3) is 17.2 Å². The van der Waals surface area contributed by atoms with E-state index in [0.717, 1.165) is 11.6 Å². The van der Waals surface area contributed by atoms with E-state index in [9.17, 15) is 24.5 Å². The van der Waals surface area contributed by atoms with Crippen LogP contribution in [0.5, 0.6) is 0 Å². The smallest absolute Gasteiger partial charge is 0.288 e. The molecule has 0 saturated heterocycles. The molecule has 1 aromatic heterocycles. The summed E-state index contributed by atoms with van der Waals surface area (Å²) in [4.78, 5) is 51.7. The van der Waals surface area contributed by atoms with Gasteiger partial charge in [0.15, 0.2) is 5.78 Å². The van der Waals surface area contributed by atoms with E-state index in [4.69, 9.17) is 11.6 Å². The third-order valence-corrected chi connectivity index (χ3v) is 5.89. The van der Waals surface area contributed by atoms with Crippen molar-refractivity contribution in [2.24, 2.45) is 0 Å². The molecule has 0 spiro atoms. The Bertz CT molecular complexity index is 1320. The first-order valence-electron chi connectivity index (χ1n) is 11.2. The van der Waals surface area contributed by atoms with Gasteiger partial charge >= 0.3 is 0 Å². The molecule has 35 heavy (non-hydrogen) atoms. The van der Waals surface area contributed by atoms with E-state index in [1.165, 1.54) is 21.7 Å². The molecule has 0 aliphatic carbocycles. The van der Waals surface area contributed by atoms with Gasteiger partial charge in [-0.05, 0) is 43.5 Å². The second-order valence-electron chi connectivity index (χ2n) is 8.60. The van der Waals surface area contributed by atoms with Crippen LogP contribution in [0.1, 0.15) is 65.1 Å². The van der Waals surface area contributed by atoms with Gasteiger partial charge in [-0.25, -0.2) is 4.68 Å². The van der Waals surface area contributed by atoms with E-state index in [1.54, 1.807) is 12.1 Å². The zero-order chi connectivity index (χ0) is 25.9. The highest BCUT2D eigenvalue weighted by atomic mass is 35.5. The highest BCUT2D eigenvalue weighted by Crippen LogP contribution is 2.26. The number of aromatic nitrogens is 2. The molecule has 1 heterocycles. The Kier molecular flexibility index (Phi) is 7.91. The summed E-state index contributed by atoms with van der Waals surface area (Å²) in [5.41, 5.74) is 1.25. The Balaban J connectivity index is 1.98. The number of nitro groups is 1. The van der Waals surface area contributed by atoms with E-state index in [1.807, 2.05) is 39.8 Å². The van der Waals surface area contributed by atoms with Crippen molar-refractivity contribution in [1.29, 1.82) is 0 Å². The summed E-state index contributed by atoms with van der Waals surface area (Å²) in [5, 5.41) is 14.2. The summed E-state index contributed by atoms with van der Waals surface area (Å²) in [7, 11) is 0. The van der Waals surface area contributed by atoms with E-state index in [-0.39, 0.29) is 35.2 Å². The third-order valence-electron chi connectivity index (χ3n) is 5.57. The average molecular weight is 499 g/mol. The number of aryl methyl sites for hydroxylation is 1. The van der Waals surface area contributed by atoms with Gasteiger partial charge in [-0.15, -0.1) is 0 Å². The third kappa shape index (κ3) is 5.51. The van der Waals surface area contributed by atoms with Gasteiger partial charge in [-0.2, -0.15) is 0 Å². The van der Waals surface area contributed by atoms with E-state index in [2.05, 4.69) is 5.10 Å². The van der Waals surface area contributed by atoms with E-state index in [0.29, 0.717) is 17.8 Å². The Morgan fingerprint density at radius 1 is 1.17 bits per heavy atom. The van der Waals surface area contributed by atoms with Crippen LogP contribution in [0.4, 0.5) is 5.69 Å². The van der Waals surface area contributed by atoms with Crippen LogP contribution in [-0.2, 0) is 0 Å². The van der Waals surface area contributed by atoms with Crippen molar-refractivity contribution in [2.75, 3.05) is 13.1 Å². The molecular formula is C25H27ClN4O5. The SMILES string of the molecule is CCCN(CC(=O)c1c(C(C)C)[nH]n(-c2ccc(C)cc2)c1=O)C(=O)c1ccc(Cl)c([N+](=O)[O-])c1. The number of rotatable bonds is 9. The Morgan fingerprint density at radius 3 is 2.40 bits per heavy atom. The molecule has 3 rings (SSSR count). The van der Waals surface area contributed by atoms with Gasteiger partial charge in [-0.3, -0.25) is 29.6 Å². The van der Waals surface area contributed by atoms with E-state index < -0.39 is 27.9 Å². The quantitative estimate of drug-likeness (QED) is 0.256. The number of carbonyl (C=O) groups is 2. The summed E-state index contributed by atoms with van der Waals surface area (Å²) in [6.07, 6.45) is 0.548. The van der Waals surface area contributed by atoms with Crippen molar-refractivity contribution in [3.05, 3.63) is 90.3 Å². The predicted molar refractivity (Wildman–Crippen MR) is 134 cm³/mol. The van der Waals surface area contributed by atoms with Crippen LogP contribution in [-0.4, -0.2) is 44.4 Å². The fourth-order valence-electron chi connectivity index (χ4n) is 3.76. The van der Waals surface area contributed by atoms with Crippen molar-refractivity contribution in [3.8, 4) is 5.69 Å². The van der Waals surface area contributed by atoms with Gasteiger partial charge in [0.1, 0.15) is 10.6 Å². The van der Waals surface area contributed by atoms with Crippen LogP contribution in [0, 0.1) is 17.0 Å². The van der Waals surface area contributed by atoms with Crippen molar-refractivity contribution in [2.45, 2.75) is 40.0 Å². The number of ketones is 1. The lowest BCUT2D eigenvalue weighted by molar-refractivity contribution is -0.384. The molecule has 0 saturated carbocycles. The van der Waals surface area contributed by atoms with Crippen LogP contribution in [0.2, 0.25) is 5.02 Å². The standard InChI is InChI=1S/C25H27ClN4O5/c1-5-12-28(24(32)17-8-11-19(26)20(13-17)30(34)35)14-21(31)22-23(15(2)3)27-29(25(22)33)18-9-6-16(4)7-10-18/h6-11,13,15,27H,5,12,14H2,1-4H3. The fraction of sp³-hybridized carbons (Fsp3) is 0.320. The minimum absolute atomic E-state index is 0.00318. The monoisotopic (exact) mass is 498 g/mol. The highest BCUT2D eigenvalue weighted by Gasteiger charge is 2.28. The molecule has 10 heteroatoms. The number of H-pyrrole nitrogens is 1. The molecule has 0 radical (unpaired) electrons. The summed E-state index contributed by atoms with van der Waals surface area (Å²) in [5.74, 6) is -1.21. The second kappa shape index (κ2) is 10.7. The number of Topliss-reactive ketones (excluding diaryl/α,β-unsaturated/α-hetero) is 1. The Labute approximate surface area is 207 Å². The molecule has 0 bridgehead atoms. The second-order valence-corrected chi connectivity index (χ2v) is 9.01. The number of nitro benzene ring substituents is 1. The van der Waals surface area contributed by atoms with Gasteiger partial charge in [0.2, 0.25) is 0 Å². The lowest BCUT2D eigenvalue weighted by atomic mass is 10.0. The largest absolute Gasteiger partial charge is 0.331 e. The van der Waals surface area contributed by atoms with Crippen LogP contribution in [0.15, 0.2) is 47.3 Å². The zero-order valence-corrected chi connectivity index (χ0v) is 20.8. The maximum atomic E-state index is 13.4. The number of carbonyl (C=O) groups excluding carboxylic acids is 2. The number of nitrogens with zero attached hydrogens (tertiary/aromatic N) is 3. The molecule has 0 fully saturated rings. The fourth-order valence-corrected chi connectivity index (χ4v) is 3.95. The molecule has 2 aromatic carbocycles. The minimum Gasteiger partial charge on any atom is -0.331 e. The topological polar surface area (TPSA) is 118 Å². The summed E-state index contributed by atoms with van der Waals surface area (Å²) < 4.78 is 1.33. The van der Waals surface area contributed by atoms with Crippen LogP contribution in [0.25, 0.3) is 5.69 Å². The van der Waals surface area contributed by atoms with Gasteiger partial charge in [-0.1, -0.05) is 50.1 Å². The molecule has 9 nitrogen and oxygen atoms in total. The molecule has 3 aromatic rings. The Hall–Kier alpha value is -3.72. The number of halogens is 1. The first-order chi connectivity index (χ1) is 16.5. The first-order valence-corrected chi connectivity index (χ1v) is 11.6. The Morgan fingerprint density at radius 2 is 1.83 bits per heavy atom. The lowest BCUT2D eigenvalue weighted by Crippen LogP contribution is -2.38. The number of benzene rings is 2. The summed E-state index contributed by atoms with van der Waals surface area (Å²) in [6.45, 7) is 7.39. The predicted octanol–water partition coefficient (Wildman–Crippen LogP) is 4.89. The molecule has 1 amide bonds. The maximum Gasteiger partial charge on any atom is 0.288 e. The normalized spacial score (nSPS) is 11.0.